The molecule has 5 rings (SSSR count). The van der Waals surface area contributed by atoms with Crippen LogP contribution in [0.3, 0.4) is 0 Å². The van der Waals surface area contributed by atoms with Gasteiger partial charge >= 0.3 is 0 Å². The van der Waals surface area contributed by atoms with Gasteiger partial charge in [0.05, 0.1) is 0 Å². The van der Waals surface area contributed by atoms with Crippen LogP contribution in [0.4, 0.5) is 0 Å². The largest absolute Gasteiger partial charge is 0.294 e. The lowest BCUT2D eigenvalue weighted by Crippen LogP contribution is -2.04. The first-order valence-electron chi connectivity index (χ1n) is 9.47. The number of carbonyl (C=O) groups excluding carboxylic acids is 1. The Labute approximate surface area is 159 Å². The second-order valence-electron chi connectivity index (χ2n) is 7.42. The van der Waals surface area contributed by atoms with Crippen LogP contribution in [0, 0.1) is 5.92 Å². The SMILES string of the molecule is CC1Cc2cc(-c3ccccc3)cc(-c3cccc4ccccc34)c2C1=O. The molecule has 0 heterocycles. The Morgan fingerprint density at radius 3 is 2.33 bits per heavy atom. The molecule has 0 aliphatic heterocycles. The minimum Gasteiger partial charge on any atom is -0.294 e. The molecule has 1 aliphatic carbocycles. The molecular weight excluding hydrogens is 328 g/mol. The normalized spacial score (nSPS) is 15.9. The monoisotopic (exact) mass is 348 g/mol. The van der Waals surface area contributed by atoms with Crippen LogP contribution < -0.4 is 0 Å². The van der Waals surface area contributed by atoms with Crippen molar-refractivity contribution in [2.45, 2.75) is 13.3 Å². The van der Waals surface area contributed by atoms with E-state index in [0.717, 1.165) is 23.1 Å². The van der Waals surface area contributed by atoms with Gasteiger partial charge in [-0.3, -0.25) is 4.79 Å². The van der Waals surface area contributed by atoms with Crippen LogP contribution in [-0.2, 0) is 6.42 Å². The van der Waals surface area contributed by atoms with E-state index in [1.807, 2.05) is 13.0 Å². The van der Waals surface area contributed by atoms with E-state index in [1.54, 1.807) is 0 Å². The fourth-order valence-electron chi connectivity index (χ4n) is 4.29. The molecule has 0 spiro atoms. The van der Waals surface area contributed by atoms with Gasteiger partial charge in [-0.1, -0.05) is 85.8 Å². The van der Waals surface area contributed by atoms with E-state index < -0.39 is 0 Å². The summed E-state index contributed by atoms with van der Waals surface area (Å²) in [6.07, 6.45) is 0.826. The van der Waals surface area contributed by atoms with Gasteiger partial charge in [0, 0.05) is 11.5 Å². The zero-order valence-corrected chi connectivity index (χ0v) is 15.3. The van der Waals surface area contributed by atoms with Gasteiger partial charge < -0.3 is 0 Å². The first-order chi connectivity index (χ1) is 13.2. The molecule has 1 atom stereocenters. The lowest BCUT2D eigenvalue weighted by molar-refractivity contribution is 0.0947. The zero-order valence-electron chi connectivity index (χ0n) is 15.3. The molecule has 1 unspecified atom stereocenters. The van der Waals surface area contributed by atoms with E-state index in [4.69, 9.17) is 0 Å². The summed E-state index contributed by atoms with van der Waals surface area (Å²) < 4.78 is 0. The molecule has 0 bridgehead atoms. The van der Waals surface area contributed by atoms with Crippen molar-refractivity contribution in [3.63, 3.8) is 0 Å². The van der Waals surface area contributed by atoms with Gasteiger partial charge in [0.2, 0.25) is 0 Å². The second-order valence-corrected chi connectivity index (χ2v) is 7.42. The molecule has 27 heavy (non-hydrogen) atoms. The summed E-state index contributed by atoms with van der Waals surface area (Å²) in [5, 5.41) is 2.40. The fraction of sp³-hybridized carbons (Fsp3) is 0.115. The average Bonchev–Trinajstić information content (AvgIpc) is 3.01. The Bertz CT molecular complexity index is 1170. The Hall–Kier alpha value is -3.19. The van der Waals surface area contributed by atoms with Crippen LogP contribution in [0.2, 0.25) is 0 Å². The highest BCUT2D eigenvalue weighted by atomic mass is 16.1. The number of fused-ring (bicyclic) bond motifs is 2. The van der Waals surface area contributed by atoms with Crippen molar-refractivity contribution < 1.29 is 4.79 Å². The van der Waals surface area contributed by atoms with Crippen molar-refractivity contribution >= 4 is 16.6 Å². The molecular formula is C26H20O. The standard InChI is InChI=1S/C26H20O/c1-17-14-21-15-20(18-8-3-2-4-9-18)16-24(25(21)26(17)27)23-13-7-11-19-10-5-6-12-22(19)23/h2-13,15-17H,14H2,1H3. The van der Waals surface area contributed by atoms with E-state index in [2.05, 4.69) is 78.9 Å². The number of ketones is 1. The maximum atomic E-state index is 13.0. The first-order valence-corrected chi connectivity index (χ1v) is 9.47. The Balaban J connectivity index is 1.83. The molecule has 0 N–H and O–H groups in total. The Morgan fingerprint density at radius 1 is 0.741 bits per heavy atom. The van der Waals surface area contributed by atoms with Crippen molar-refractivity contribution in [3.05, 3.63) is 96.1 Å². The topological polar surface area (TPSA) is 17.1 Å². The lowest BCUT2D eigenvalue weighted by atomic mass is 9.89. The van der Waals surface area contributed by atoms with Crippen LogP contribution in [-0.4, -0.2) is 5.78 Å². The van der Waals surface area contributed by atoms with Gasteiger partial charge in [-0.05, 0) is 51.1 Å². The van der Waals surface area contributed by atoms with Crippen molar-refractivity contribution in [2.24, 2.45) is 5.92 Å². The zero-order chi connectivity index (χ0) is 18.4. The highest BCUT2D eigenvalue weighted by Gasteiger charge is 2.31. The summed E-state index contributed by atoms with van der Waals surface area (Å²) in [5.74, 6) is 0.326. The van der Waals surface area contributed by atoms with Gasteiger partial charge in [-0.2, -0.15) is 0 Å². The van der Waals surface area contributed by atoms with Gasteiger partial charge in [0.25, 0.3) is 0 Å². The van der Waals surface area contributed by atoms with Crippen molar-refractivity contribution in [1.29, 1.82) is 0 Å². The van der Waals surface area contributed by atoms with Crippen LogP contribution in [0.1, 0.15) is 22.8 Å². The van der Waals surface area contributed by atoms with Gasteiger partial charge in [-0.15, -0.1) is 0 Å². The molecule has 0 aromatic heterocycles. The number of rotatable bonds is 2. The van der Waals surface area contributed by atoms with Gasteiger partial charge in [-0.25, -0.2) is 0 Å². The highest BCUT2D eigenvalue weighted by Crippen LogP contribution is 2.40. The number of hydrogen-bond donors (Lipinski definition) is 0. The van der Waals surface area contributed by atoms with Crippen LogP contribution in [0.25, 0.3) is 33.0 Å². The summed E-state index contributed by atoms with van der Waals surface area (Å²) in [5.41, 5.74) is 6.67. The second kappa shape index (κ2) is 6.21. The lowest BCUT2D eigenvalue weighted by Gasteiger charge is -2.14. The maximum Gasteiger partial charge on any atom is 0.166 e. The molecule has 130 valence electrons. The van der Waals surface area contributed by atoms with E-state index in [-0.39, 0.29) is 11.7 Å². The van der Waals surface area contributed by atoms with E-state index in [1.165, 1.54) is 27.5 Å². The molecule has 0 amide bonds. The summed E-state index contributed by atoms with van der Waals surface area (Å²) in [4.78, 5) is 13.0. The van der Waals surface area contributed by atoms with Crippen LogP contribution in [0.5, 0.6) is 0 Å². The van der Waals surface area contributed by atoms with Crippen LogP contribution in [0.15, 0.2) is 84.9 Å². The molecule has 1 heteroatoms. The average molecular weight is 348 g/mol. The molecule has 0 radical (unpaired) electrons. The molecule has 0 saturated carbocycles. The number of Topliss-reactive ketones (excluding diaryl/α,β-unsaturated/α-hetero) is 1. The summed E-state index contributed by atoms with van der Waals surface area (Å²) in [6.45, 7) is 2.04. The number of benzene rings is 4. The quantitative estimate of drug-likeness (QED) is 0.401. The number of hydrogen-bond acceptors (Lipinski definition) is 1. The van der Waals surface area contributed by atoms with Crippen LogP contribution >= 0.6 is 0 Å². The van der Waals surface area contributed by atoms with Gasteiger partial charge in [0.15, 0.2) is 5.78 Å². The maximum absolute atomic E-state index is 13.0. The predicted octanol–water partition coefficient (Wildman–Crippen LogP) is 6.55. The Kier molecular flexibility index (Phi) is 3.68. The molecule has 0 fully saturated rings. The molecule has 1 nitrogen and oxygen atoms in total. The minimum absolute atomic E-state index is 0.0553. The molecule has 0 saturated heterocycles. The summed E-state index contributed by atoms with van der Waals surface area (Å²) >= 11 is 0. The minimum atomic E-state index is 0.0553. The Morgan fingerprint density at radius 2 is 1.48 bits per heavy atom. The molecule has 4 aromatic rings. The van der Waals surface area contributed by atoms with Crippen molar-refractivity contribution in [2.75, 3.05) is 0 Å². The van der Waals surface area contributed by atoms with E-state index in [0.29, 0.717) is 0 Å². The van der Waals surface area contributed by atoms with Gasteiger partial charge in [0.1, 0.15) is 0 Å². The third-order valence-electron chi connectivity index (χ3n) is 5.63. The predicted molar refractivity (Wildman–Crippen MR) is 112 cm³/mol. The van der Waals surface area contributed by atoms with Crippen molar-refractivity contribution in [1.82, 2.24) is 0 Å². The first kappa shape index (κ1) is 16.0. The number of carbonyl (C=O) groups is 1. The summed E-state index contributed by atoms with van der Waals surface area (Å²) in [6, 6.07) is 29.6. The third-order valence-corrected chi connectivity index (χ3v) is 5.63. The van der Waals surface area contributed by atoms with E-state index >= 15 is 0 Å². The van der Waals surface area contributed by atoms with Crippen molar-refractivity contribution in [3.8, 4) is 22.3 Å². The fourth-order valence-corrected chi connectivity index (χ4v) is 4.29. The third kappa shape index (κ3) is 2.59. The highest BCUT2D eigenvalue weighted by molar-refractivity contribution is 6.11. The molecule has 4 aromatic carbocycles. The molecule has 1 aliphatic rings. The van der Waals surface area contributed by atoms with E-state index in [9.17, 15) is 4.79 Å². The summed E-state index contributed by atoms with van der Waals surface area (Å²) in [7, 11) is 0. The smallest absolute Gasteiger partial charge is 0.166 e.